The molecule has 1 N–H and O–H groups in total. The summed E-state index contributed by atoms with van der Waals surface area (Å²) in [5, 5.41) is 2.70. The van der Waals surface area contributed by atoms with E-state index in [1.54, 1.807) is 55.1 Å². The van der Waals surface area contributed by atoms with Crippen LogP contribution < -0.4 is 4.72 Å². The number of carbonyl (C=O) groups is 1. The molecule has 186 valence electrons. The maximum atomic E-state index is 13.2. The highest BCUT2D eigenvalue weighted by atomic mass is 32.2. The number of esters is 1. The Hall–Kier alpha value is -3.30. The third kappa shape index (κ3) is 4.73. The molecule has 2 aliphatic rings. The molecule has 9 heteroatoms. The van der Waals surface area contributed by atoms with E-state index in [2.05, 4.69) is 14.6 Å². The molecule has 0 bridgehead atoms. The second-order valence-electron chi connectivity index (χ2n) is 8.65. The van der Waals surface area contributed by atoms with Gasteiger partial charge in [0.05, 0.1) is 28.8 Å². The quantitative estimate of drug-likeness (QED) is 0.441. The Morgan fingerprint density at radius 2 is 1.92 bits per heavy atom. The van der Waals surface area contributed by atoms with Crippen molar-refractivity contribution in [2.75, 3.05) is 23.6 Å². The van der Waals surface area contributed by atoms with Gasteiger partial charge in [-0.2, -0.15) is 0 Å². The summed E-state index contributed by atoms with van der Waals surface area (Å²) in [7, 11) is -3.82. The van der Waals surface area contributed by atoms with Crippen molar-refractivity contribution in [3.05, 3.63) is 83.6 Å². The fourth-order valence-electron chi connectivity index (χ4n) is 4.61. The van der Waals surface area contributed by atoms with Crippen molar-refractivity contribution < 1.29 is 17.9 Å². The van der Waals surface area contributed by atoms with Gasteiger partial charge in [-0.1, -0.05) is 54.2 Å². The summed E-state index contributed by atoms with van der Waals surface area (Å²) in [5.41, 5.74) is 2.33. The summed E-state index contributed by atoms with van der Waals surface area (Å²) < 4.78 is 34.6. The number of hydrogen-bond acceptors (Lipinski definition) is 7. The second-order valence-corrected chi connectivity index (χ2v) is 11.4. The largest absolute Gasteiger partial charge is 0.463 e. The highest BCUT2D eigenvalue weighted by Crippen LogP contribution is 2.40. The van der Waals surface area contributed by atoms with E-state index in [1.165, 1.54) is 0 Å². The number of nitrogens with one attached hydrogen (secondary N) is 1. The van der Waals surface area contributed by atoms with Crippen molar-refractivity contribution in [1.82, 2.24) is 4.90 Å². The molecule has 7 nitrogen and oxygen atoms in total. The number of sulfonamides is 1. The van der Waals surface area contributed by atoms with E-state index in [9.17, 15) is 13.2 Å². The van der Waals surface area contributed by atoms with Crippen LogP contribution in [0, 0.1) is 0 Å². The summed E-state index contributed by atoms with van der Waals surface area (Å²) >= 11 is 1.67. The number of anilines is 1. The summed E-state index contributed by atoms with van der Waals surface area (Å²) in [6.45, 7) is 4.61. The third-order valence-corrected chi connectivity index (χ3v) is 8.70. The topological polar surface area (TPSA) is 88.1 Å². The minimum Gasteiger partial charge on any atom is -0.463 e. The van der Waals surface area contributed by atoms with Gasteiger partial charge in [0.25, 0.3) is 10.0 Å². The molecular weight excluding hydrogens is 494 g/mol. The van der Waals surface area contributed by atoms with Gasteiger partial charge < -0.3 is 9.64 Å². The summed E-state index contributed by atoms with van der Waals surface area (Å²) in [4.78, 5) is 20.0. The normalized spacial score (nSPS) is 18.0. The monoisotopic (exact) mass is 521 g/mol. The van der Waals surface area contributed by atoms with Crippen molar-refractivity contribution in [2.45, 2.75) is 31.2 Å². The highest BCUT2D eigenvalue weighted by Gasteiger charge is 2.38. The predicted octanol–water partition coefficient (Wildman–Crippen LogP) is 5.33. The molecule has 3 aromatic carbocycles. The number of nitrogens with zero attached hydrogens (tertiary/aromatic N) is 2. The van der Waals surface area contributed by atoms with Crippen LogP contribution in [0.25, 0.3) is 10.8 Å². The van der Waals surface area contributed by atoms with Crippen molar-refractivity contribution in [1.29, 1.82) is 0 Å². The number of carbonyl (C=O) groups excluding carboxylic acids is 1. The molecular formula is C27H27N3O4S2. The van der Waals surface area contributed by atoms with E-state index in [-0.39, 0.29) is 11.5 Å². The van der Waals surface area contributed by atoms with Gasteiger partial charge in [-0.15, -0.1) is 0 Å². The summed E-state index contributed by atoms with van der Waals surface area (Å²) in [6.07, 6.45) is 0.962. The van der Waals surface area contributed by atoms with Crippen molar-refractivity contribution in [3.8, 4) is 0 Å². The molecule has 0 aromatic heterocycles. The Balaban J connectivity index is 1.50. The number of amidine groups is 1. The zero-order chi connectivity index (χ0) is 25.3. The van der Waals surface area contributed by atoms with Crippen LogP contribution in [0.4, 0.5) is 5.69 Å². The molecule has 2 heterocycles. The second kappa shape index (κ2) is 9.99. The minimum atomic E-state index is -3.82. The Bertz CT molecular complexity index is 1500. The lowest BCUT2D eigenvalue weighted by atomic mass is 9.94. The van der Waals surface area contributed by atoms with Gasteiger partial charge in [0, 0.05) is 18.0 Å². The fourth-order valence-corrected chi connectivity index (χ4v) is 6.71. The Morgan fingerprint density at radius 1 is 1.11 bits per heavy atom. The van der Waals surface area contributed by atoms with E-state index in [0.29, 0.717) is 17.0 Å². The molecule has 2 aliphatic heterocycles. The molecule has 5 rings (SSSR count). The smallest absolute Gasteiger partial charge is 0.338 e. The van der Waals surface area contributed by atoms with Gasteiger partial charge in [0.2, 0.25) is 0 Å². The lowest BCUT2D eigenvalue weighted by molar-refractivity contribution is -0.139. The van der Waals surface area contributed by atoms with Crippen molar-refractivity contribution >= 4 is 49.4 Å². The van der Waals surface area contributed by atoms with E-state index >= 15 is 0 Å². The standard InChI is InChI=1S/C27H27N3O4S2/c1-3-34-26(31)24-18(2)28-27-30(14-7-15-35-27)25(24)21-10-6-11-22(16-21)29-36(32,33)23-13-12-19-8-4-5-9-20(19)17-23/h4-6,8-13,16-17,25,29H,3,7,14-15H2,1-2H3. The first kappa shape index (κ1) is 24.4. The first-order chi connectivity index (χ1) is 17.4. The minimum absolute atomic E-state index is 0.189. The number of rotatable bonds is 6. The van der Waals surface area contributed by atoms with Crippen LogP contribution in [0.2, 0.25) is 0 Å². The average Bonchev–Trinajstić information content (AvgIpc) is 2.87. The average molecular weight is 522 g/mol. The molecule has 1 atom stereocenters. The van der Waals surface area contributed by atoms with E-state index < -0.39 is 22.0 Å². The zero-order valence-electron chi connectivity index (χ0n) is 20.1. The number of allylic oxidation sites excluding steroid dienone is 1. The summed E-state index contributed by atoms with van der Waals surface area (Å²) in [5.74, 6) is 0.566. The SMILES string of the molecule is CCOC(=O)C1=C(C)N=C2SCCCN2C1c1cccc(NS(=O)(=O)c2ccc3ccccc3c2)c1. The molecule has 3 aromatic rings. The van der Waals surface area contributed by atoms with Crippen LogP contribution in [0.15, 0.2) is 87.9 Å². The van der Waals surface area contributed by atoms with Gasteiger partial charge >= 0.3 is 5.97 Å². The molecule has 0 amide bonds. The Kier molecular flexibility index (Phi) is 6.77. The van der Waals surface area contributed by atoms with Gasteiger partial charge in [-0.05, 0) is 60.9 Å². The lowest BCUT2D eigenvalue weighted by Crippen LogP contribution is -2.42. The van der Waals surface area contributed by atoms with Gasteiger partial charge in [-0.25, -0.2) is 18.2 Å². The predicted molar refractivity (Wildman–Crippen MR) is 144 cm³/mol. The molecule has 36 heavy (non-hydrogen) atoms. The van der Waals surface area contributed by atoms with Gasteiger partial charge in [0.15, 0.2) is 5.17 Å². The van der Waals surface area contributed by atoms with Gasteiger partial charge in [-0.3, -0.25) is 4.72 Å². The zero-order valence-corrected chi connectivity index (χ0v) is 21.7. The number of aliphatic imine (C=N–C) groups is 1. The maximum Gasteiger partial charge on any atom is 0.338 e. The van der Waals surface area contributed by atoms with Crippen LogP contribution in [0.1, 0.15) is 31.9 Å². The first-order valence-electron chi connectivity index (χ1n) is 11.8. The Morgan fingerprint density at radius 3 is 2.72 bits per heavy atom. The first-order valence-corrected chi connectivity index (χ1v) is 14.3. The van der Waals surface area contributed by atoms with Crippen LogP contribution >= 0.6 is 11.8 Å². The molecule has 0 aliphatic carbocycles. The number of fused-ring (bicyclic) bond motifs is 2. The van der Waals surface area contributed by atoms with Crippen molar-refractivity contribution in [2.24, 2.45) is 4.99 Å². The summed E-state index contributed by atoms with van der Waals surface area (Å²) in [6, 6.07) is 19.5. The third-order valence-electron chi connectivity index (χ3n) is 6.24. The molecule has 0 radical (unpaired) electrons. The molecule has 0 saturated carbocycles. The molecule has 1 fully saturated rings. The molecule has 0 spiro atoms. The Labute approximate surface area is 215 Å². The highest BCUT2D eigenvalue weighted by molar-refractivity contribution is 8.13. The van der Waals surface area contributed by atoms with Gasteiger partial charge in [0.1, 0.15) is 0 Å². The molecule has 1 saturated heterocycles. The maximum absolute atomic E-state index is 13.2. The van der Waals surface area contributed by atoms with Crippen LogP contribution in [0.3, 0.4) is 0 Å². The lowest BCUT2D eigenvalue weighted by Gasteiger charge is -2.40. The number of hydrogen-bond donors (Lipinski definition) is 1. The fraction of sp³-hybridized carbons (Fsp3) is 0.259. The van der Waals surface area contributed by atoms with Crippen LogP contribution in [-0.2, 0) is 19.6 Å². The van der Waals surface area contributed by atoms with E-state index in [0.717, 1.165) is 40.2 Å². The van der Waals surface area contributed by atoms with Crippen LogP contribution in [-0.4, -0.2) is 43.4 Å². The van der Waals surface area contributed by atoms with Crippen molar-refractivity contribution in [3.63, 3.8) is 0 Å². The number of ether oxygens (including phenoxy) is 1. The van der Waals surface area contributed by atoms with E-state index in [1.807, 2.05) is 37.3 Å². The van der Waals surface area contributed by atoms with Crippen LogP contribution in [0.5, 0.6) is 0 Å². The number of benzene rings is 3. The number of thioether (sulfide) groups is 1. The van der Waals surface area contributed by atoms with E-state index in [4.69, 9.17) is 4.74 Å². The molecule has 1 unspecified atom stereocenters.